The Morgan fingerprint density at radius 2 is 1.13 bits per heavy atom. The molecular weight excluding hydrogens is 647 g/mol. The fourth-order valence-electron chi connectivity index (χ4n) is 7.62. The van der Waals surface area contributed by atoms with Crippen LogP contribution in [0.5, 0.6) is 5.75 Å². The van der Waals surface area contributed by atoms with E-state index >= 15 is 0 Å². The summed E-state index contributed by atoms with van der Waals surface area (Å²) in [5.41, 5.74) is 16.0. The van der Waals surface area contributed by atoms with E-state index in [4.69, 9.17) is 9.97 Å². The Labute approximate surface area is 315 Å². The van der Waals surface area contributed by atoms with Crippen molar-refractivity contribution in [3.05, 3.63) is 143 Å². The van der Waals surface area contributed by atoms with Gasteiger partial charge < -0.3 is 5.11 Å². The first-order valence-electron chi connectivity index (χ1n) is 19.1. The van der Waals surface area contributed by atoms with Crippen LogP contribution in [0.4, 0.5) is 0 Å². The van der Waals surface area contributed by atoms with E-state index in [1.54, 1.807) is 6.07 Å². The van der Waals surface area contributed by atoms with Gasteiger partial charge in [-0.3, -0.25) is 4.57 Å². The van der Waals surface area contributed by atoms with E-state index in [0.29, 0.717) is 29.2 Å². The molecule has 1 N–H and O–H groups in total. The first-order valence-corrected chi connectivity index (χ1v) is 19.1. The molecule has 2 aromatic heterocycles. The lowest BCUT2D eigenvalue weighted by Crippen LogP contribution is -2.08. The van der Waals surface area contributed by atoms with Gasteiger partial charge in [-0.1, -0.05) is 146 Å². The molecule has 5 aromatic carbocycles. The number of benzene rings is 5. The van der Waals surface area contributed by atoms with Crippen molar-refractivity contribution in [2.24, 2.45) is 0 Å². The van der Waals surface area contributed by atoms with Crippen molar-refractivity contribution >= 4 is 11.0 Å². The fraction of sp³-hybridized carbons (Fsp3) is 0.265. The van der Waals surface area contributed by atoms with Crippen LogP contribution in [0.25, 0.3) is 61.8 Å². The zero-order valence-electron chi connectivity index (χ0n) is 32.6. The lowest BCUT2D eigenvalue weighted by atomic mass is 9.87. The monoisotopic (exact) mass is 697 g/mol. The van der Waals surface area contributed by atoms with Crippen LogP contribution in [0.2, 0.25) is 0 Å². The van der Waals surface area contributed by atoms with Crippen molar-refractivity contribution in [3.63, 3.8) is 0 Å². The molecule has 0 spiro atoms. The van der Waals surface area contributed by atoms with E-state index in [-0.39, 0.29) is 5.75 Å². The number of nitrogens with zero attached hydrogens (tertiary/aromatic N) is 3. The lowest BCUT2D eigenvalue weighted by molar-refractivity contribution is 0.477. The molecule has 0 amide bonds. The molecule has 7 rings (SSSR count). The van der Waals surface area contributed by atoms with Gasteiger partial charge in [0.2, 0.25) is 0 Å². The molecule has 0 fully saturated rings. The molecule has 2 heterocycles. The highest BCUT2D eigenvalue weighted by Gasteiger charge is 2.26. The van der Waals surface area contributed by atoms with Crippen molar-refractivity contribution in [1.29, 1.82) is 0 Å². The number of aromatic nitrogens is 3. The minimum Gasteiger partial charge on any atom is -0.507 e. The largest absolute Gasteiger partial charge is 0.507 e. The molecule has 0 bridgehead atoms. The van der Waals surface area contributed by atoms with Gasteiger partial charge in [0.25, 0.3) is 0 Å². The summed E-state index contributed by atoms with van der Waals surface area (Å²) < 4.78 is 2.40. The molecule has 0 aliphatic carbocycles. The minimum absolute atomic E-state index is 0.211. The van der Waals surface area contributed by atoms with Crippen molar-refractivity contribution in [1.82, 2.24) is 14.5 Å². The molecule has 0 saturated carbocycles. The van der Waals surface area contributed by atoms with Crippen LogP contribution in [-0.4, -0.2) is 19.6 Å². The Hall–Kier alpha value is -5.48. The molecule has 7 aromatic rings. The number of aryl methyl sites for hydroxylation is 1. The number of aromatic hydroxyl groups is 1. The average Bonchev–Trinajstić information content (AvgIpc) is 3.54. The van der Waals surface area contributed by atoms with Gasteiger partial charge in [0, 0.05) is 22.3 Å². The van der Waals surface area contributed by atoms with E-state index in [0.717, 1.165) is 56.1 Å². The number of phenols is 1. The van der Waals surface area contributed by atoms with Gasteiger partial charge in [-0.2, -0.15) is 0 Å². The summed E-state index contributed by atoms with van der Waals surface area (Å²) in [6.45, 7) is 20.3. The Morgan fingerprint density at radius 1 is 0.547 bits per heavy atom. The third-order valence-corrected chi connectivity index (χ3v) is 10.5. The highest BCUT2D eigenvalue weighted by atomic mass is 16.3. The summed E-state index contributed by atoms with van der Waals surface area (Å²) in [6, 6.07) is 40.4. The van der Waals surface area contributed by atoms with E-state index in [1.165, 1.54) is 27.9 Å². The molecule has 0 radical (unpaired) electrons. The lowest BCUT2D eigenvalue weighted by Gasteiger charge is -2.22. The second-order valence-corrected chi connectivity index (χ2v) is 15.7. The van der Waals surface area contributed by atoms with Crippen molar-refractivity contribution in [3.8, 4) is 56.5 Å². The Bertz CT molecular complexity index is 2380. The molecule has 53 heavy (non-hydrogen) atoms. The van der Waals surface area contributed by atoms with Crippen LogP contribution >= 0.6 is 0 Å². The van der Waals surface area contributed by atoms with Crippen molar-refractivity contribution in [2.75, 3.05) is 0 Å². The molecule has 4 nitrogen and oxygen atoms in total. The summed E-state index contributed by atoms with van der Waals surface area (Å²) in [6.07, 6.45) is 0. The summed E-state index contributed by atoms with van der Waals surface area (Å²) in [4.78, 5) is 11.1. The molecule has 0 aliphatic heterocycles. The number of hydrogen-bond acceptors (Lipinski definition) is 3. The molecule has 0 atom stereocenters. The highest BCUT2D eigenvalue weighted by molar-refractivity contribution is 5.99. The zero-order valence-corrected chi connectivity index (χ0v) is 32.6. The van der Waals surface area contributed by atoms with Crippen LogP contribution in [0.1, 0.15) is 107 Å². The number of phenolic OH excluding ortho intramolecular Hbond substituents is 1. The van der Waals surface area contributed by atoms with Crippen LogP contribution in [0, 0.1) is 6.92 Å². The normalized spacial score (nSPS) is 11.9. The van der Waals surface area contributed by atoms with Gasteiger partial charge >= 0.3 is 0 Å². The topological polar surface area (TPSA) is 50.9 Å². The maximum absolute atomic E-state index is 11.0. The summed E-state index contributed by atoms with van der Waals surface area (Å²) in [7, 11) is 0. The maximum atomic E-state index is 11.0. The van der Waals surface area contributed by atoms with Crippen LogP contribution < -0.4 is 0 Å². The van der Waals surface area contributed by atoms with Gasteiger partial charge in [0.05, 0.1) is 28.1 Å². The minimum atomic E-state index is 0.211. The Morgan fingerprint density at radius 3 is 1.74 bits per heavy atom. The van der Waals surface area contributed by atoms with E-state index in [1.807, 2.05) is 18.2 Å². The molecule has 268 valence electrons. The first-order chi connectivity index (χ1) is 25.4. The Balaban J connectivity index is 1.63. The van der Waals surface area contributed by atoms with Gasteiger partial charge in [-0.25, -0.2) is 9.97 Å². The first kappa shape index (κ1) is 35.9. The molecule has 0 saturated heterocycles. The van der Waals surface area contributed by atoms with Crippen LogP contribution in [0.15, 0.2) is 115 Å². The smallest absolute Gasteiger partial charge is 0.145 e. The Kier molecular flexibility index (Phi) is 9.83. The molecule has 4 heteroatoms. The number of imidazole rings is 1. The summed E-state index contributed by atoms with van der Waals surface area (Å²) in [5.74, 6) is 2.47. The molecule has 0 aliphatic rings. The van der Waals surface area contributed by atoms with Crippen molar-refractivity contribution in [2.45, 2.75) is 86.0 Å². The molecular formula is C49H51N3O. The standard InChI is InChI=1S/C49H51N3O/c1-29(2)35-26-36(30(3)4)28-37(27-35)45-33(9)25-42(40-19-13-14-24-44(40)53)50-47(45)41-22-16-23-43-46(41)51-49(34-17-11-10-12-18-34)52(43)48-38(31(5)6)20-15-21-39(48)32(7)8/h10-32,53H,1-9H3. The predicted molar refractivity (Wildman–Crippen MR) is 223 cm³/mol. The van der Waals surface area contributed by atoms with Gasteiger partial charge in [0.1, 0.15) is 11.6 Å². The zero-order chi connectivity index (χ0) is 37.6. The number of para-hydroxylation sites is 3. The maximum Gasteiger partial charge on any atom is 0.145 e. The number of fused-ring (bicyclic) bond motifs is 1. The molecule has 0 unspecified atom stereocenters. The number of rotatable bonds is 9. The summed E-state index contributed by atoms with van der Waals surface area (Å²) >= 11 is 0. The second-order valence-electron chi connectivity index (χ2n) is 15.7. The predicted octanol–water partition coefficient (Wildman–Crippen LogP) is 13.6. The summed E-state index contributed by atoms with van der Waals surface area (Å²) in [5, 5.41) is 11.0. The van der Waals surface area contributed by atoms with E-state index < -0.39 is 0 Å². The van der Waals surface area contributed by atoms with Crippen LogP contribution in [0.3, 0.4) is 0 Å². The van der Waals surface area contributed by atoms with Gasteiger partial charge in [-0.05, 0) is 88.2 Å². The van der Waals surface area contributed by atoms with Crippen LogP contribution in [-0.2, 0) is 0 Å². The quantitative estimate of drug-likeness (QED) is 0.163. The average molecular weight is 698 g/mol. The highest BCUT2D eigenvalue weighted by Crippen LogP contribution is 2.44. The van der Waals surface area contributed by atoms with E-state index in [9.17, 15) is 5.11 Å². The number of hydrogen-bond donors (Lipinski definition) is 1. The van der Waals surface area contributed by atoms with Crippen molar-refractivity contribution < 1.29 is 5.11 Å². The van der Waals surface area contributed by atoms with Gasteiger partial charge in [0.15, 0.2) is 0 Å². The van der Waals surface area contributed by atoms with Gasteiger partial charge in [-0.15, -0.1) is 0 Å². The SMILES string of the molecule is Cc1cc(-c2ccccc2O)nc(-c2cccc3c2nc(-c2ccccc2)n3-c2c(C(C)C)cccc2C(C)C)c1-c1cc(C(C)C)cc(C(C)C)c1. The van der Waals surface area contributed by atoms with E-state index in [2.05, 4.69) is 158 Å². The second kappa shape index (κ2) is 14.5. The number of pyridine rings is 1. The third-order valence-electron chi connectivity index (χ3n) is 10.5. The third kappa shape index (κ3) is 6.68. The fourth-order valence-corrected chi connectivity index (χ4v) is 7.62.